The standard InChI is InChI=1S/C21H26ClNO4.B/c1-23(2)13-16(14-7-9-17(24-3)19(11-14)26-5)21(22)15-8-10-18(25-4)20(12-15)27-6;/h7-12H,13H2,1-6H3;/b21-16-;. The average Bonchev–Trinajstić information content (AvgIpc) is 2.70. The van der Waals surface area contributed by atoms with Gasteiger partial charge < -0.3 is 23.8 Å². The summed E-state index contributed by atoms with van der Waals surface area (Å²) >= 11 is 6.83. The minimum atomic E-state index is 0. The van der Waals surface area contributed by atoms with Gasteiger partial charge in [0.25, 0.3) is 0 Å². The highest BCUT2D eigenvalue weighted by atomic mass is 35.5. The summed E-state index contributed by atoms with van der Waals surface area (Å²) in [6.45, 7) is 0.655. The van der Waals surface area contributed by atoms with E-state index in [2.05, 4.69) is 4.90 Å². The number of likely N-dealkylation sites (N-methyl/N-ethyl adjacent to an activating group) is 1. The van der Waals surface area contributed by atoms with E-state index >= 15 is 0 Å². The molecule has 0 saturated heterocycles. The summed E-state index contributed by atoms with van der Waals surface area (Å²) in [6.07, 6.45) is 0. The molecule has 2 aromatic rings. The van der Waals surface area contributed by atoms with E-state index in [0.717, 1.165) is 16.7 Å². The van der Waals surface area contributed by atoms with E-state index in [1.54, 1.807) is 28.4 Å². The van der Waals surface area contributed by atoms with Gasteiger partial charge >= 0.3 is 0 Å². The van der Waals surface area contributed by atoms with Crippen molar-refractivity contribution >= 4 is 30.6 Å². The van der Waals surface area contributed by atoms with Crippen molar-refractivity contribution in [2.45, 2.75) is 0 Å². The van der Waals surface area contributed by atoms with Crippen molar-refractivity contribution in [3.05, 3.63) is 47.5 Å². The maximum absolute atomic E-state index is 6.83. The van der Waals surface area contributed by atoms with Gasteiger partial charge in [0, 0.05) is 15.0 Å². The zero-order valence-corrected chi connectivity index (χ0v) is 18.0. The molecule has 0 aliphatic rings. The minimum Gasteiger partial charge on any atom is -0.493 e. The van der Waals surface area contributed by atoms with Crippen LogP contribution < -0.4 is 18.9 Å². The summed E-state index contributed by atoms with van der Waals surface area (Å²) in [4.78, 5) is 2.06. The molecular weight excluding hydrogens is 376 g/mol. The lowest BCUT2D eigenvalue weighted by Crippen LogP contribution is -2.15. The molecule has 0 saturated carbocycles. The molecule has 0 fully saturated rings. The van der Waals surface area contributed by atoms with Crippen molar-refractivity contribution in [2.75, 3.05) is 49.1 Å². The summed E-state index contributed by atoms with van der Waals surface area (Å²) in [6, 6.07) is 11.4. The summed E-state index contributed by atoms with van der Waals surface area (Å²) in [5.41, 5.74) is 2.77. The average molecular weight is 403 g/mol. The summed E-state index contributed by atoms with van der Waals surface area (Å²) in [7, 11) is 10.4. The van der Waals surface area contributed by atoms with Gasteiger partial charge in [-0.3, -0.25) is 0 Å². The van der Waals surface area contributed by atoms with E-state index in [1.165, 1.54) is 0 Å². The fourth-order valence-corrected chi connectivity index (χ4v) is 3.06. The number of rotatable bonds is 8. The number of halogens is 1. The largest absolute Gasteiger partial charge is 0.493 e. The lowest BCUT2D eigenvalue weighted by atomic mass is 10.0. The molecule has 5 nitrogen and oxygen atoms in total. The van der Waals surface area contributed by atoms with Gasteiger partial charge in [-0.25, -0.2) is 0 Å². The number of benzene rings is 2. The molecule has 2 rings (SSSR count). The number of hydrogen-bond donors (Lipinski definition) is 0. The normalized spacial score (nSPS) is 11.4. The number of hydrogen-bond acceptors (Lipinski definition) is 5. The van der Waals surface area contributed by atoms with Gasteiger partial charge in [-0.1, -0.05) is 17.7 Å². The zero-order chi connectivity index (χ0) is 20.0. The van der Waals surface area contributed by atoms with Crippen LogP contribution in [0.2, 0.25) is 0 Å². The Morgan fingerprint density at radius 3 is 1.61 bits per heavy atom. The Balaban J connectivity index is 0.00000392. The van der Waals surface area contributed by atoms with Crippen molar-refractivity contribution in [1.82, 2.24) is 4.90 Å². The van der Waals surface area contributed by atoms with Crippen LogP contribution in [-0.4, -0.2) is 62.4 Å². The topological polar surface area (TPSA) is 40.2 Å². The zero-order valence-electron chi connectivity index (χ0n) is 17.2. The van der Waals surface area contributed by atoms with Crippen molar-refractivity contribution in [1.29, 1.82) is 0 Å². The minimum absolute atomic E-state index is 0. The third-order valence-electron chi connectivity index (χ3n) is 4.11. The van der Waals surface area contributed by atoms with E-state index in [9.17, 15) is 0 Å². The van der Waals surface area contributed by atoms with Gasteiger partial charge in [-0.2, -0.15) is 0 Å². The van der Waals surface area contributed by atoms with Crippen molar-refractivity contribution in [3.8, 4) is 23.0 Å². The fourth-order valence-electron chi connectivity index (χ4n) is 2.77. The molecule has 0 heterocycles. The van der Waals surface area contributed by atoms with E-state index in [0.29, 0.717) is 34.6 Å². The Morgan fingerprint density at radius 1 is 0.750 bits per heavy atom. The number of nitrogens with zero attached hydrogens (tertiary/aromatic N) is 1. The molecule has 0 aliphatic heterocycles. The molecule has 149 valence electrons. The smallest absolute Gasteiger partial charge is 0.161 e. The fraction of sp³-hybridized carbons (Fsp3) is 0.333. The molecule has 3 radical (unpaired) electrons. The quantitative estimate of drug-likeness (QED) is 0.493. The van der Waals surface area contributed by atoms with Crippen molar-refractivity contribution < 1.29 is 18.9 Å². The molecule has 2 aromatic carbocycles. The van der Waals surface area contributed by atoms with E-state index < -0.39 is 0 Å². The molecule has 28 heavy (non-hydrogen) atoms. The van der Waals surface area contributed by atoms with Gasteiger partial charge in [-0.15, -0.1) is 0 Å². The first-order valence-electron chi connectivity index (χ1n) is 8.43. The number of methoxy groups -OCH3 is 4. The highest BCUT2D eigenvalue weighted by Crippen LogP contribution is 2.38. The predicted molar refractivity (Wildman–Crippen MR) is 116 cm³/mol. The lowest BCUT2D eigenvalue weighted by Gasteiger charge is -2.18. The first kappa shape index (κ1) is 23.7. The van der Waals surface area contributed by atoms with Crippen LogP contribution in [-0.2, 0) is 0 Å². The first-order valence-corrected chi connectivity index (χ1v) is 8.81. The summed E-state index contributed by atoms with van der Waals surface area (Å²) in [5.74, 6) is 2.62. The molecular formula is C21H26BClNO4. The molecule has 0 unspecified atom stereocenters. The second-order valence-electron chi connectivity index (χ2n) is 6.17. The third kappa shape index (κ3) is 5.36. The van der Waals surface area contributed by atoms with Crippen molar-refractivity contribution in [3.63, 3.8) is 0 Å². The van der Waals surface area contributed by atoms with E-state index in [-0.39, 0.29) is 8.41 Å². The number of ether oxygens (including phenoxy) is 4. The molecule has 0 amide bonds. The molecule has 7 heteroatoms. The van der Waals surface area contributed by atoms with Crippen LogP contribution in [0.15, 0.2) is 36.4 Å². The summed E-state index contributed by atoms with van der Waals surface area (Å²) in [5, 5.41) is 0.636. The molecule has 0 aliphatic carbocycles. The van der Waals surface area contributed by atoms with Gasteiger partial charge in [-0.05, 0) is 61.1 Å². The Hall–Kier alpha value is -2.31. The molecule has 0 bridgehead atoms. The maximum Gasteiger partial charge on any atom is 0.161 e. The van der Waals surface area contributed by atoms with E-state index in [4.69, 9.17) is 30.5 Å². The van der Waals surface area contributed by atoms with Crippen LogP contribution in [0.5, 0.6) is 23.0 Å². The Bertz CT molecular complexity index is 824. The van der Waals surface area contributed by atoms with Gasteiger partial charge in [0.2, 0.25) is 0 Å². The van der Waals surface area contributed by atoms with Crippen LogP contribution in [0.1, 0.15) is 11.1 Å². The molecule has 0 N–H and O–H groups in total. The van der Waals surface area contributed by atoms with Gasteiger partial charge in [0.05, 0.1) is 33.5 Å². The SMILES string of the molecule is COc1ccc(/C(Cl)=C(\CN(C)C)c2ccc(OC)c(OC)c2)cc1OC.[B]. The van der Waals surface area contributed by atoms with Crippen LogP contribution in [0.4, 0.5) is 0 Å². The van der Waals surface area contributed by atoms with Gasteiger partial charge in [0.1, 0.15) is 0 Å². The Labute approximate surface area is 174 Å². The molecule has 0 spiro atoms. The lowest BCUT2D eigenvalue weighted by molar-refractivity contribution is 0.355. The van der Waals surface area contributed by atoms with Crippen LogP contribution in [0.3, 0.4) is 0 Å². The summed E-state index contributed by atoms with van der Waals surface area (Å²) < 4.78 is 21.5. The Morgan fingerprint density at radius 2 is 1.18 bits per heavy atom. The third-order valence-corrected chi connectivity index (χ3v) is 4.55. The van der Waals surface area contributed by atoms with Crippen LogP contribution >= 0.6 is 11.6 Å². The monoisotopic (exact) mass is 402 g/mol. The van der Waals surface area contributed by atoms with Gasteiger partial charge in [0.15, 0.2) is 23.0 Å². The highest BCUT2D eigenvalue weighted by molar-refractivity contribution is 6.52. The van der Waals surface area contributed by atoms with Crippen molar-refractivity contribution in [2.24, 2.45) is 0 Å². The Kier molecular flexibility index (Phi) is 9.22. The van der Waals surface area contributed by atoms with Crippen LogP contribution in [0.25, 0.3) is 10.6 Å². The highest BCUT2D eigenvalue weighted by Gasteiger charge is 2.15. The predicted octanol–water partition coefficient (Wildman–Crippen LogP) is 4.01. The first-order chi connectivity index (χ1) is 12.9. The second-order valence-corrected chi connectivity index (χ2v) is 6.55. The molecule has 0 aromatic heterocycles. The maximum atomic E-state index is 6.83. The van der Waals surface area contributed by atoms with Crippen LogP contribution in [0, 0.1) is 0 Å². The molecule has 0 atom stereocenters. The second kappa shape index (κ2) is 10.9. The van der Waals surface area contributed by atoms with E-state index in [1.807, 2.05) is 50.5 Å².